The monoisotopic (exact) mass is 404 g/mol. The van der Waals surface area contributed by atoms with Crippen molar-refractivity contribution in [1.82, 2.24) is 0 Å². The summed E-state index contributed by atoms with van der Waals surface area (Å²) in [6, 6.07) is -1.08. The van der Waals surface area contributed by atoms with Crippen molar-refractivity contribution in [2.45, 2.75) is 89.2 Å². The number of hydrogen-bond acceptors (Lipinski definition) is 8. The zero-order chi connectivity index (χ0) is 20.6. The zero-order valence-corrected chi connectivity index (χ0v) is 17.7. The molecule has 2 rings (SSSR count). The highest BCUT2D eigenvalue weighted by Gasteiger charge is 2.55. The lowest BCUT2D eigenvalue weighted by molar-refractivity contribution is -0.784. The minimum atomic E-state index is -2.34. The maximum atomic E-state index is 10.9. The van der Waals surface area contributed by atoms with Gasteiger partial charge in [-0.2, -0.15) is 0 Å². The van der Waals surface area contributed by atoms with Gasteiger partial charge in [-0.1, -0.05) is 25.9 Å². The Labute approximate surface area is 159 Å². The number of ether oxygens (including phenoxy) is 3. The average Bonchev–Trinajstić information content (AvgIpc) is 2.49. The van der Waals surface area contributed by atoms with Gasteiger partial charge in [0, 0.05) is 4.91 Å². The molecule has 11 nitrogen and oxygen atoms in total. The summed E-state index contributed by atoms with van der Waals surface area (Å²) in [6.07, 6.45) is -3.44. The highest BCUT2D eigenvalue weighted by Crippen LogP contribution is 2.42. The van der Waals surface area contributed by atoms with Crippen LogP contribution in [-0.4, -0.2) is 56.4 Å². The summed E-state index contributed by atoms with van der Waals surface area (Å²) in [6.45, 7) is 13.9. The lowest BCUT2D eigenvalue weighted by atomic mass is 9.96. The molecule has 27 heavy (non-hydrogen) atoms. The molecular formula is C15H28N4O7Si. The molecule has 12 heteroatoms. The molecule has 0 radical (unpaired) electrons. The molecule has 2 fully saturated rings. The molecule has 2 aliphatic heterocycles. The van der Waals surface area contributed by atoms with Gasteiger partial charge < -0.3 is 18.6 Å². The molecule has 0 aromatic heterocycles. The van der Waals surface area contributed by atoms with Crippen molar-refractivity contribution in [3.8, 4) is 0 Å². The van der Waals surface area contributed by atoms with Crippen LogP contribution in [0.3, 0.4) is 0 Å². The van der Waals surface area contributed by atoms with Gasteiger partial charge in [-0.25, -0.2) is 0 Å². The van der Waals surface area contributed by atoms with Crippen molar-refractivity contribution in [3.63, 3.8) is 0 Å². The smallest absolute Gasteiger partial charge is 0.297 e. The van der Waals surface area contributed by atoms with E-state index in [1.54, 1.807) is 13.8 Å². The summed E-state index contributed by atoms with van der Waals surface area (Å²) in [4.78, 5) is 18.4. The van der Waals surface area contributed by atoms with E-state index in [9.17, 15) is 10.1 Å². The maximum absolute atomic E-state index is 10.9. The van der Waals surface area contributed by atoms with Crippen molar-refractivity contribution in [3.05, 3.63) is 20.6 Å². The maximum Gasteiger partial charge on any atom is 0.297 e. The Hall–Kier alpha value is -1.43. The first-order valence-corrected chi connectivity index (χ1v) is 11.7. The predicted molar refractivity (Wildman–Crippen MR) is 96.6 cm³/mol. The zero-order valence-electron chi connectivity index (χ0n) is 16.7. The lowest BCUT2D eigenvalue weighted by Gasteiger charge is -2.52. The highest BCUT2D eigenvalue weighted by atomic mass is 28.4. The van der Waals surface area contributed by atoms with E-state index < -0.39 is 49.8 Å². The summed E-state index contributed by atoms with van der Waals surface area (Å²) in [7, 11) is -2.34. The molecule has 0 aromatic carbocycles. The normalized spacial score (nSPS) is 33.5. The van der Waals surface area contributed by atoms with Gasteiger partial charge in [0.25, 0.3) is 5.09 Å². The molecule has 0 aromatic rings. The van der Waals surface area contributed by atoms with Crippen LogP contribution in [0.5, 0.6) is 0 Å². The molecule has 0 unspecified atom stereocenters. The van der Waals surface area contributed by atoms with Crippen molar-refractivity contribution in [2.24, 2.45) is 5.11 Å². The Morgan fingerprint density at radius 2 is 2.00 bits per heavy atom. The van der Waals surface area contributed by atoms with Gasteiger partial charge in [-0.3, -0.25) is 4.84 Å². The van der Waals surface area contributed by atoms with Crippen LogP contribution in [0, 0.1) is 10.1 Å². The second-order valence-electron chi connectivity index (χ2n) is 8.70. The van der Waals surface area contributed by atoms with Crippen LogP contribution in [0.25, 0.3) is 10.4 Å². The average molecular weight is 404 g/mol. The number of azide groups is 1. The van der Waals surface area contributed by atoms with Crippen LogP contribution < -0.4 is 0 Å². The fraction of sp³-hybridized carbons (Fsp3) is 1.00. The van der Waals surface area contributed by atoms with Crippen LogP contribution in [0.4, 0.5) is 0 Å². The van der Waals surface area contributed by atoms with E-state index in [1.807, 2.05) is 13.1 Å². The quantitative estimate of drug-likeness (QED) is 0.171. The Morgan fingerprint density at radius 1 is 1.37 bits per heavy atom. The third kappa shape index (κ3) is 4.89. The van der Waals surface area contributed by atoms with Crippen LogP contribution in [0.15, 0.2) is 5.11 Å². The van der Waals surface area contributed by atoms with Crippen molar-refractivity contribution in [2.75, 3.05) is 6.61 Å². The second kappa shape index (κ2) is 7.53. The van der Waals surface area contributed by atoms with Gasteiger partial charge in [0.05, 0.1) is 12.7 Å². The van der Waals surface area contributed by atoms with E-state index in [1.165, 1.54) is 0 Å². The minimum absolute atomic E-state index is 0.137. The van der Waals surface area contributed by atoms with Gasteiger partial charge in [-0.15, -0.1) is 10.1 Å². The fourth-order valence-electron chi connectivity index (χ4n) is 2.82. The lowest BCUT2D eigenvalue weighted by Crippen LogP contribution is -2.67. The molecule has 0 saturated carbocycles. The van der Waals surface area contributed by atoms with E-state index in [0.29, 0.717) is 0 Å². The molecule has 2 aliphatic rings. The predicted octanol–water partition coefficient (Wildman–Crippen LogP) is 3.14. The van der Waals surface area contributed by atoms with E-state index in [4.69, 9.17) is 24.2 Å². The van der Waals surface area contributed by atoms with Crippen LogP contribution in [-0.2, 0) is 23.5 Å². The van der Waals surface area contributed by atoms with Crippen molar-refractivity contribution < 1.29 is 28.6 Å². The molecule has 0 N–H and O–H groups in total. The first-order valence-electron chi connectivity index (χ1n) is 8.78. The van der Waals surface area contributed by atoms with Gasteiger partial charge in [0.1, 0.15) is 18.2 Å². The number of hydrogen-bond donors (Lipinski definition) is 0. The summed E-state index contributed by atoms with van der Waals surface area (Å²) in [5.74, 6) is -0.892. The topological polar surface area (TPSA) is 138 Å². The second-order valence-corrected chi connectivity index (χ2v) is 13.5. The molecule has 2 saturated heterocycles. The van der Waals surface area contributed by atoms with Crippen molar-refractivity contribution >= 4 is 8.32 Å². The standard InChI is InChI=1S/C15H28N4O7Si/c1-14(2,3)27(6,7)26-12-10(17-18-16)13(25-19(20)21)23-9-8-22-15(4,5)24-11(9)12/h9-13H,8H2,1-7H3/t9-,10-,11-,12-,13-/m1/s1. The van der Waals surface area contributed by atoms with E-state index in [0.717, 1.165) is 0 Å². The molecule has 0 amide bonds. The molecule has 154 valence electrons. The van der Waals surface area contributed by atoms with Gasteiger partial charge in [-0.05, 0) is 37.5 Å². The van der Waals surface area contributed by atoms with Gasteiger partial charge >= 0.3 is 0 Å². The summed E-state index contributed by atoms with van der Waals surface area (Å²) in [5, 5.41) is 13.5. The molecule has 0 bridgehead atoms. The number of fused-ring (bicyclic) bond motifs is 1. The number of nitrogens with zero attached hydrogens (tertiary/aromatic N) is 4. The SMILES string of the molecule is CC1(C)OC[C@H]2O[C@H](O[N+](=O)[O-])[C@H](N=[N+]=[N-])[C@@H](O[Si](C)(C)C(C)(C)C)[C@@H]2O1. The van der Waals surface area contributed by atoms with Crippen LogP contribution >= 0.6 is 0 Å². The molecule has 5 atom stereocenters. The van der Waals surface area contributed by atoms with E-state index in [2.05, 4.69) is 35.6 Å². The first kappa shape index (κ1) is 21.9. The molecule has 2 heterocycles. The third-order valence-electron chi connectivity index (χ3n) is 5.24. The first-order chi connectivity index (χ1) is 12.3. The van der Waals surface area contributed by atoms with Gasteiger partial charge in [0.15, 0.2) is 14.1 Å². The largest absolute Gasteiger partial charge is 0.411 e. The molecule has 0 aliphatic carbocycles. The van der Waals surface area contributed by atoms with Gasteiger partial charge in [0.2, 0.25) is 6.29 Å². The van der Waals surface area contributed by atoms with Crippen LogP contribution in [0.2, 0.25) is 18.1 Å². The van der Waals surface area contributed by atoms with E-state index >= 15 is 0 Å². The molecular weight excluding hydrogens is 376 g/mol. The fourth-order valence-corrected chi connectivity index (χ4v) is 4.13. The number of rotatable bonds is 5. The Bertz CT molecular complexity index is 618. The van der Waals surface area contributed by atoms with E-state index in [-0.39, 0.29) is 11.6 Å². The Kier molecular flexibility index (Phi) is 6.10. The molecule has 0 spiro atoms. The highest BCUT2D eigenvalue weighted by molar-refractivity contribution is 6.74. The van der Waals surface area contributed by atoms with Crippen LogP contribution in [0.1, 0.15) is 34.6 Å². The third-order valence-corrected chi connectivity index (χ3v) is 9.72. The summed E-state index contributed by atoms with van der Waals surface area (Å²) < 4.78 is 23.8. The Balaban J connectivity index is 2.43. The van der Waals surface area contributed by atoms with Crippen molar-refractivity contribution in [1.29, 1.82) is 0 Å². The Morgan fingerprint density at radius 3 is 2.52 bits per heavy atom. The summed E-state index contributed by atoms with van der Waals surface area (Å²) >= 11 is 0. The minimum Gasteiger partial charge on any atom is -0.411 e. The summed E-state index contributed by atoms with van der Waals surface area (Å²) in [5.41, 5.74) is 9.01.